The van der Waals surface area contributed by atoms with Crippen LogP contribution in [0.5, 0.6) is 0 Å². The summed E-state index contributed by atoms with van der Waals surface area (Å²) in [6, 6.07) is 8.30. The van der Waals surface area contributed by atoms with Crippen molar-refractivity contribution in [2.75, 3.05) is 23.7 Å². The first-order chi connectivity index (χ1) is 10.9. The largest absolute Gasteiger partial charge is 0.368 e. The van der Waals surface area contributed by atoms with Crippen molar-refractivity contribution in [3.63, 3.8) is 0 Å². The highest BCUT2D eigenvalue weighted by Crippen LogP contribution is 2.18. The van der Waals surface area contributed by atoms with Gasteiger partial charge in [0.15, 0.2) is 5.82 Å². The number of benzene rings is 1. The normalized spacial score (nSPS) is 10.5. The van der Waals surface area contributed by atoms with Gasteiger partial charge < -0.3 is 15.6 Å². The van der Waals surface area contributed by atoms with Crippen LogP contribution in [-0.4, -0.2) is 33.3 Å². The maximum absolute atomic E-state index is 4.34. The summed E-state index contributed by atoms with van der Waals surface area (Å²) in [5, 5.41) is 15.4. The summed E-state index contributed by atoms with van der Waals surface area (Å²) < 4.78 is 0. The highest BCUT2D eigenvalue weighted by molar-refractivity contribution is 5.83. The molecule has 0 aliphatic carbocycles. The van der Waals surface area contributed by atoms with Crippen LogP contribution >= 0.6 is 0 Å². The fourth-order valence-electron chi connectivity index (χ4n) is 2.29. The van der Waals surface area contributed by atoms with E-state index in [1.54, 1.807) is 12.3 Å². The molecule has 0 aliphatic heterocycles. The summed E-state index contributed by atoms with van der Waals surface area (Å²) in [5.41, 5.74) is 2.45. The fourth-order valence-corrected chi connectivity index (χ4v) is 2.29. The highest BCUT2D eigenvalue weighted by atomic mass is 15.3. The zero-order chi connectivity index (χ0) is 15.2. The summed E-state index contributed by atoms with van der Waals surface area (Å²) in [6.07, 6.45) is 6.33. The number of anilines is 2. The fraction of sp³-hybridized carbons (Fsp3) is 0.188. The standard InChI is InChI=1S/C16H18N6/c1-2-8-18-16-21-15(11-20-22-16)17-9-7-12-10-19-14-6-4-3-5-13(12)14/h2-6,10-11,19H,1,7-9H2,(H2,17,18,21,22). The summed E-state index contributed by atoms with van der Waals surface area (Å²) in [5.74, 6) is 1.21. The van der Waals surface area contributed by atoms with Crippen molar-refractivity contribution >= 4 is 22.7 Å². The molecule has 112 valence electrons. The number of nitrogens with one attached hydrogen (secondary N) is 3. The Balaban J connectivity index is 1.60. The molecule has 0 atom stereocenters. The van der Waals surface area contributed by atoms with Gasteiger partial charge in [0.25, 0.3) is 0 Å². The third-order valence-corrected chi connectivity index (χ3v) is 3.34. The van der Waals surface area contributed by atoms with Crippen molar-refractivity contribution in [1.82, 2.24) is 20.2 Å². The molecule has 2 heterocycles. The zero-order valence-electron chi connectivity index (χ0n) is 12.2. The Labute approximate surface area is 128 Å². The van der Waals surface area contributed by atoms with E-state index >= 15 is 0 Å². The second-order valence-corrected chi connectivity index (χ2v) is 4.87. The molecule has 3 aromatic rings. The number of fused-ring (bicyclic) bond motifs is 1. The molecule has 0 fully saturated rings. The van der Waals surface area contributed by atoms with Gasteiger partial charge in [-0.3, -0.25) is 0 Å². The quantitative estimate of drug-likeness (QED) is 0.584. The number of hydrogen-bond donors (Lipinski definition) is 3. The number of rotatable bonds is 7. The molecule has 0 radical (unpaired) electrons. The first-order valence-electron chi connectivity index (χ1n) is 7.20. The van der Waals surface area contributed by atoms with Gasteiger partial charge in [0.1, 0.15) is 0 Å². The van der Waals surface area contributed by atoms with Crippen LogP contribution in [0.1, 0.15) is 5.56 Å². The van der Waals surface area contributed by atoms with Crippen LogP contribution < -0.4 is 10.6 Å². The van der Waals surface area contributed by atoms with Crippen LogP contribution in [0.4, 0.5) is 11.8 Å². The number of hydrogen-bond acceptors (Lipinski definition) is 5. The Morgan fingerprint density at radius 2 is 2.14 bits per heavy atom. The van der Waals surface area contributed by atoms with E-state index in [9.17, 15) is 0 Å². The highest BCUT2D eigenvalue weighted by Gasteiger charge is 2.03. The van der Waals surface area contributed by atoms with Crippen molar-refractivity contribution in [3.05, 3.63) is 54.9 Å². The van der Waals surface area contributed by atoms with Crippen molar-refractivity contribution in [2.45, 2.75) is 6.42 Å². The van der Waals surface area contributed by atoms with Crippen molar-refractivity contribution in [1.29, 1.82) is 0 Å². The lowest BCUT2D eigenvalue weighted by molar-refractivity contribution is 0.943. The molecule has 6 nitrogen and oxygen atoms in total. The SMILES string of the molecule is C=CCNc1nncc(NCCc2c[nH]c3ccccc23)n1. The van der Waals surface area contributed by atoms with Crippen LogP contribution in [0, 0.1) is 0 Å². The smallest absolute Gasteiger partial charge is 0.244 e. The number of H-pyrrole nitrogens is 1. The molecule has 0 bridgehead atoms. The summed E-state index contributed by atoms with van der Waals surface area (Å²) >= 11 is 0. The molecular formula is C16H18N6. The van der Waals surface area contributed by atoms with E-state index in [-0.39, 0.29) is 0 Å². The first kappa shape index (κ1) is 14.1. The van der Waals surface area contributed by atoms with E-state index in [0.717, 1.165) is 18.5 Å². The van der Waals surface area contributed by atoms with Crippen LogP contribution in [0.3, 0.4) is 0 Å². The molecule has 0 spiro atoms. The predicted octanol–water partition coefficient (Wildman–Crippen LogP) is 2.61. The van der Waals surface area contributed by atoms with E-state index < -0.39 is 0 Å². The van der Waals surface area contributed by atoms with Crippen LogP contribution in [0.15, 0.2) is 49.3 Å². The van der Waals surface area contributed by atoms with Crippen molar-refractivity contribution in [2.24, 2.45) is 0 Å². The number of nitrogens with zero attached hydrogens (tertiary/aromatic N) is 3. The average molecular weight is 294 g/mol. The number of aromatic nitrogens is 4. The van der Waals surface area contributed by atoms with Crippen LogP contribution in [0.2, 0.25) is 0 Å². The van der Waals surface area contributed by atoms with Gasteiger partial charge in [-0.15, -0.1) is 11.7 Å². The molecule has 0 amide bonds. The second-order valence-electron chi connectivity index (χ2n) is 4.87. The molecule has 3 N–H and O–H groups in total. The molecule has 2 aromatic heterocycles. The Hall–Kier alpha value is -2.89. The van der Waals surface area contributed by atoms with Gasteiger partial charge in [-0.05, 0) is 18.1 Å². The number of aromatic amines is 1. The van der Waals surface area contributed by atoms with E-state index in [2.05, 4.69) is 61.8 Å². The minimum atomic E-state index is 0.497. The Morgan fingerprint density at radius 1 is 1.23 bits per heavy atom. The van der Waals surface area contributed by atoms with E-state index in [1.807, 2.05) is 6.07 Å². The van der Waals surface area contributed by atoms with E-state index in [1.165, 1.54) is 10.9 Å². The average Bonchev–Trinajstić information content (AvgIpc) is 2.97. The van der Waals surface area contributed by atoms with Gasteiger partial charge in [-0.25, -0.2) is 0 Å². The van der Waals surface area contributed by atoms with Gasteiger partial charge in [-0.1, -0.05) is 24.3 Å². The lowest BCUT2D eigenvalue weighted by Crippen LogP contribution is -2.10. The monoisotopic (exact) mass is 294 g/mol. The van der Waals surface area contributed by atoms with Gasteiger partial charge in [0.05, 0.1) is 6.20 Å². The third kappa shape index (κ3) is 3.22. The molecule has 3 rings (SSSR count). The summed E-state index contributed by atoms with van der Waals surface area (Å²) in [7, 11) is 0. The molecule has 0 unspecified atom stereocenters. The minimum Gasteiger partial charge on any atom is -0.368 e. The molecule has 0 saturated heterocycles. The summed E-state index contributed by atoms with van der Waals surface area (Å²) in [6.45, 7) is 5.03. The summed E-state index contributed by atoms with van der Waals surface area (Å²) in [4.78, 5) is 7.62. The molecular weight excluding hydrogens is 276 g/mol. The van der Waals surface area contributed by atoms with Crippen LogP contribution in [0.25, 0.3) is 10.9 Å². The molecule has 0 saturated carbocycles. The zero-order valence-corrected chi connectivity index (χ0v) is 12.2. The molecule has 6 heteroatoms. The van der Waals surface area contributed by atoms with Gasteiger partial charge >= 0.3 is 0 Å². The molecule has 22 heavy (non-hydrogen) atoms. The lowest BCUT2D eigenvalue weighted by atomic mass is 10.1. The Bertz CT molecular complexity index is 764. The second kappa shape index (κ2) is 6.71. The van der Waals surface area contributed by atoms with E-state index in [0.29, 0.717) is 18.3 Å². The minimum absolute atomic E-state index is 0.497. The van der Waals surface area contributed by atoms with Crippen LogP contribution in [-0.2, 0) is 6.42 Å². The van der Waals surface area contributed by atoms with Crippen molar-refractivity contribution in [3.8, 4) is 0 Å². The van der Waals surface area contributed by atoms with Gasteiger partial charge in [0.2, 0.25) is 5.95 Å². The van der Waals surface area contributed by atoms with Gasteiger partial charge in [0, 0.05) is 30.2 Å². The molecule has 1 aromatic carbocycles. The predicted molar refractivity (Wildman–Crippen MR) is 89.0 cm³/mol. The number of para-hydroxylation sites is 1. The Kier molecular flexibility index (Phi) is 4.29. The first-order valence-corrected chi connectivity index (χ1v) is 7.20. The van der Waals surface area contributed by atoms with E-state index in [4.69, 9.17) is 0 Å². The van der Waals surface area contributed by atoms with Gasteiger partial charge in [-0.2, -0.15) is 10.1 Å². The topological polar surface area (TPSA) is 78.5 Å². The molecule has 0 aliphatic rings. The lowest BCUT2D eigenvalue weighted by Gasteiger charge is -2.06. The third-order valence-electron chi connectivity index (χ3n) is 3.34. The van der Waals surface area contributed by atoms with Crippen molar-refractivity contribution < 1.29 is 0 Å². The maximum atomic E-state index is 4.34. The Morgan fingerprint density at radius 3 is 3.05 bits per heavy atom. The maximum Gasteiger partial charge on any atom is 0.244 e.